The van der Waals surface area contributed by atoms with E-state index in [-0.39, 0.29) is 23.1 Å². The number of H-pyrrole nitrogens is 1. The van der Waals surface area contributed by atoms with Gasteiger partial charge >= 0.3 is 0 Å². The fourth-order valence-electron chi connectivity index (χ4n) is 1.24. The number of nitrogens with zero attached hydrogens (tertiary/aromatic N) is 1. The minimum Gasteiger partial charge on any atom is -0.363 e. The number of halogens is 1. The summed E-state index contributed by atoms with van der Waals surface area (Å²) in [4.78, 5) is 2.81. The van der Waals surface area contributed by atoms with E-state index in [1.165, 1.54) is 19.3 Å². The zero-order valence-electron chi connectivity index (χ0n) is 10.1. The van der Waals surface area contributed by atoms with Gasteiger partial charge in [-0.3, -0.25) is 0 Å². The molecule has 0 aliphatic carbocycles. The third-order valence-electron chi connectivity index (χ3n) is 2.35. The van der Waals surface area contributed by atoms with Crippen molar-refractivity contribution in [2.45, 2.75) is 10.8 Å². The molecule has 0 saturated heterocycles. The van der Waals surface area contributed by atoms with Crippen molar-refractivity contribution in [2.24, 2.45) is 0 Å². The molecule has 1 N–H and O–H groups in total. The molecule has 0 atom stereocenters. The van der Waals surface area contributed by atoms with Crippen LogP contribution in [0.1, 0.15) is 5.69 Å². The van der Waals surface area contributed by atoms with Crippen LogP contribution in [0.3, 0.4) is 0 Å². The lowest BCUT2D eigenvalue weighted by Crippen LogP contribution is -2.31. The van der Waals surface area contributed by atoms with Crippen LogP contribution < -0.4 is 0 Å². The SMILES string of the molecule is CN(CCS(C)(=O)=O)S(=O)(=O)c1c[nH]c(CCl)c1. The van der Waals surface area contributed by atoms with Crippen molar-refractivity contribution in [2.75, 3.05) is 25.6 Å². The first-order valence-electron chi connectivity index (χ1n) is 5.04. The van der Waals surface area contributed by atoms with Crippen LogP contribution in [0.15, 0.2) is 17.2 Å². The van der Waals surface area contributed by atoms with Crippen molar-refractivity contribution in [3.63, 3.8) is 0 Å². The van der Waals surface area contributed by atoms with E-state index in [9.17, 15) is 16.8 Å². The fourth-order valence-corrected chi connectivity index (χ4v) is 3.31. The van der Waals surface area contributed by atoms with Crippen molar-refractivity contribution < 1.29 is 16.8 Å². The maximum atomic E-state index is 12.0. The Kier molecular flexibility index (Phi) is 4.82. The van der Waals surface area contributed by atoms with Crippen LogP contribution in [-0.4, -0.2) is 51.7 Å². The van der Waals surface area contributed by atoms with Gasteiger partial charge in [-0.1, -0.05) is 0 Å². The van der Waals surface area contributed by atoms with Gasteiger partial charge in [-0.05, 0) is 6.07 Å². The molecule has 0 aromatic carbocycles. The first kappa shape index (κ1) is 15.5. The highest BCUT2D eigenvalue weighted by atomic mass is 35.5. The first-order valence-corrected chi connectivity index (χ1v) is 9.07. The molecule has 0 aliphatic rings. The molecule has 18 heavy (non-hydrogen) atoms. The smallest absolute Gasteiger partial charge is 0.244 e. The van der Waals surface area contributed by atoms with Gasteiger partial charge in [0.25, 0.3) is 0 Å². The minimum absolute atomic E-state index is 0.0779. The van der Waals surface area contributed by atoms with Crippen molar-refractivity contribution in [3.8, 4) is 0 Å². The summed E-state index contributed by atoms with van der Waals surface area (Å²) in [6.45, 7) is -0.0808. The largest absolute Gasteiger partial charge is 0.363 e. The molecule has 104 valence electrons. The normalized spacial score (nSPS) is 13.1. The molecule has 9 heteroatoms. The fraction of sp³-hybridized carbons (Fsp3) is 0.556. The molecule has 1 rings (SSSR count). The molecule has 0 bridgehead atoms. The predicted octanol–water partition coefficient (Wildman–Crippen LogP) is 0.419. The molecule has 0 unspecified atom stereocenters. The molecule has 0 saturated carbocycles. The van der Waals surface area contributed by atoms with E-state index in [0.29, 0.717) is 5.69 Å². The standard InChI is InChI=1S/C9H15ClN2O4S2/c1-12(3-4-17(2,13)14)18(15,16)9-5-8(6-10)11-7-9/h5,7,11H,3-4,6H2,1-2H3. The number of sulfone groups is 1. The molecular weight excluding hydrogens is 300 g/mol. The molecule has 0 aliphatic heterocycles. The number of hydrogen-bond acceptors (Lipinski definition) is 4. The number of sulfonamides is 1. The molecule has 0 spiro atoms. The average molecular weight is 315 g/mol. The highest BCUT2D eigenvalue weighted by Gasteiger charge is 2.22. The maximum Gasteiger partial charge on any atom is 0.244 e. The van der Waals surface area contributed by atoms with Crippen LogP contribution in [-0.2, 0) is 25.7 Å². The summed E-state index contributed by atoms with van der Waals surface area (Å²) in [6.07, 6.45) is 2.40. The Labute approximate surface area is 112 Å². The highest BCUT2D eigenvalue weighted by Crippen LogP contribution is 2.16. The van der Waals surface area contributed by atoms with Gasteiger partial charge in [-0.15, -0.1) is 11.6 Å². The van der Waals surface area contributed by atoms with Gasteiger partial charge in [0.15, 0.2) is 0 Å². The summed E-state index contributed by atoms with van der Waals surface area (Å²) in [6, 6.07) is 1.43. The summed E-state index contributed by atoms with van der Waals surface area (Å²) >= 11 is 5.57. The lowest BCUT2D eigenvalue weighted by atomic mass is 10.5. The lowest BCUT2D eigenvalue weighted by molar-refractivity contribution is 0.485. The molecule has 1 heterocycles. The van der Waals surface area contributed by atoms with E-state index in [2.05, 4.69) is 4.98 Å². The topological polar surface area (TPSA) is 87.3 Å². The highest BCUT2D eigenvalue weighted by molar-refractivity contribution is 7.91. The molecule has 0 amide bonds. The third-order valence-corrected chi connectivity index (χ3v) is 5.39. The van der Waals surface area contributed by atoms with E-state index in [0.717, 1.165) is 10.6 Å². The van der Waals surface area contributed by atoms with Gasteiger partial charge < -0.3 is 4.98 Å². The van der Waals surface area contributed by atoms with Crippen molar-refractivity contribution in [1.29, 1.82) is 0 Å². The van der Waals surface area contributed by atoms with Gasteiger partial charge in [-0.2, -0.15) is 4.31 Å². The van der Waals surface area contributed by atoms with E-state index >= 15 is 0 Å². The van der Waals surface area contributed by atoms with Crippen LogP contribution in [0.5, 0.6) is 0 Å². The zero-order chi connectivity index (χ0) is 14.0. The van der Waals surface area contributed by atoms with E-state index < -0.39 is 19.9 Å². The number of hydrogen-bond donors (Lipinski definition) is 1. The average Bonchev–Trinajstić information content (AvgIpc) is 2.73. The molecule has 6 nitrogen and oxygen atoms in total. The van der Waals surface area contributed by atoms with Crippen LogP contribution >= 0.6 is 11.6 Å². The third kappa shape index (κ3) is 3.98. The van der Waals surface area contributed by atoms with E-state index in [1.54, 1.807) is 0 Å². The van der Waals surface area contributed by atoms with Crippen LogP contribution in [0.2, 0.25) is 0 Å². The summed E-state index contributed by atoms with van der Waals surface area (Å²) in [5.41, 5.74) is 0.590. The Balaban J connectivity index is 2.86. The molecular formula is C9H15ClN2O4S2. The molecule has 1 aromatic rings. The van der Waals surface area contributed by atoms with Crippen molar-refractivity contribution >= 4 is 31.5 Å². The lowest BCUT2D eigenvalue weighted by Gasteiger charge is -2.15. The summed E-state index contributed by atoms with van der Waals surface area (Å²) in [5, 5.41) is 0. The number of aromatic nitrogens is 1. The second-order valence-corrected chi connectivity index (χ2v) is 8.52. The van der Waals surface area contributed by atoms with Gasteiger partial charge in [0.2, 0.25) is 10.0 Å². The van der Waals surface area contributed by atoms with E-state index in [1.807, 2.05) is 0 Å². The summed E-state index contributed by atoms with van der Waals surface area (Å²) < 4.78 is 47.1. The molecule has 0 radical (unpaired) electrons. The van der Waals surface area contributed by atoms with Gasteiger partial charge in [0.1, 0.15) is 9.84 Å². The Morgan fingerprint density at radius 1 is 1.33 bits per heavy atom. The van der Waals surface area contributed by atoms with Crippen molar-refractivity contribution in [1.82, 2.24) is 9.29 Å². The Bertz CT molecular complexity index is 606. The Morgan fingerprint density at radius 3 is 2.39 bits per heavy atom. The zero-order valence-corrected chi connectivity index (χ0v) is 12.4. The number of alkyl halides is 1. The van der Waals surface area contributed by atoms with Gasteiger partial charge in [0.05, 0.1) is 16.5 Å². The van der Waals surface area contributed by atoms with Crippen LogP contribution in [0, 0.1) is 0 Å². The van der Waals surface area contributed by atoms with Crippen molar-refractivity contribution in [3.05, 3.63) is 18.0 Å². The number of aromatic amines is 1. The second kappa shape index (κ2) is 5.60. The predicted molar refractivity (Wildman–Crippen MR) is 69.9 cm³/mol. The molecule has 0 fully saturated rings. The van der Waals surface area contributed by atoms with Gasteiger partial charge in [-0.25, -0.2) is 16.8 Å². The Morgan fingerprint density at radius 2 is 1.94 bits per heavy atom. The summed E-state index contributed by atoms with van der Waals surface area (Å²) in [7, 11) is -5.53. The number of rotatable bonds is 6. The van der Waals surface area contributed by atoms with Crippen LogP contribution in [0.25, 0.3) is 0 Å². The minimum atomic E-state index is -3.67. The van der Waals surface area contributed by atoms with Crippen LogP contribution in [0.4, 0.5) is 0 Å². The quantitative estimate of drug-likeness (QED) is 0.771. The Hall–Kier alpha value is -0.570. The first-order chi connectivity index (χ1) is 8.16. The monoisotopic (exact) mass is 314 g/mol. The maximum absolute atomic E-state index is 12.0. The van der Waals surface area contributed by atoms with E-state index in [4.69, 9.17) is 11.6 Å². The second-order valence-electron chi connectivity index (χ2n) is 3.95. The summed E-state index contributed by atoms with van der Waals surface area (Å²) in [5.74, 6) is -0.0297. The van der Waals surface area contributed by atoms with Gasteiger partial charge in [0, 0.05) is 31.7 Å². The molecule has 1 aromatic heterocycles. The number of nitrogens with one attached hydrogen (secondary N) is 1.